The van der Waals surface area contributed by atoms with E-state index in [0.717, 1.165) is 4.88 Å². The number of carbonyl (C=O) groups is 1. The molecule has 0 radical (unpaired) electrons. The van der Waals surface area contributed by atoms with Gasteiger partial charge in [0.15, 0.2) is 5.82 Å². The highest BCUT2D eigenvalue weighted by Crippen LogP contribution is 2.27. The zero-order valence-electron chi connectivity index (χ0n) is 13.1. The molecule has 0 spiro atoms. The summed E-state index contributed by atoms with van der Waals surface area (Å²) in [6.07, 6.45) is 0. The quantitative estimate of drug-likeness (QED) is 0.656. The first-order valence-electron chi connectivity index (χ1n) is 7.24. The van der Waals surface area contributed by atoms with Crippen LogP contribution in [0.2, 0.25) is 0 Å². The Labute approximate surface area is 147 Å². The number of carbonyl (C=O) groups excluding carboxylic acids is 1. The molecule has 3 rings (SSSR count). The number of nitrogens with zero attached hydrogens (tertiary/aromatic N) is 2. The van der Waals surface area contributed by atoms with E-state index in [1.807, 2.05) is 36.6 Å². The standard InChI is InChI=1S/C16H16N4O2S2/c1-10(15(21)17-11-6-3-4-7-12(11)22-2)24-16-18-14(19-20-16)13-8-5-9-23-13/h3-10H,1-2H3,(H,17,21)(H,18,19,20)/t10-/m1/s1. The van der Waals surface area contributed by atoms with Crippen LogP contribution in [0.1, 0.15) is 6.92 Å². The summed E-state index contributed by atoms with van der Waals surface area (Å²) >= 11 is 2.89. The van der Waals surface area contributed by atoms with Crippen molar-refractivity contribution in [2.45, 2.75) is 17.3 Å². The first-order valence-corrected chi connectivity index (χ1v) is 9.00. The van der Waals surface area contributed by atoms with Crippen LogP contribution in [0.5, 0.6) is 5.75 Å². The lowest BCUT2D eigenvalue weighted by atomic mass is 10.3. The van der Waals surface area contributed by atoms with Gasteiger partial charge in [-0.25, -0.2) is 4.98 Å². The van der Waals surface area contributed by atoms with Crippen LogP contribution >= 0.6 is 23.1 Å². The van der Waals surface area contributed by atoms with Gasteiger partial charge in [-0.1, -0.05) is 30.0 Å². The Morgan fingerprint density at radius 3 is 2.92 bits per heavy atom. The van der Waals surface area contributed by atoms with E-state index in [4.69, 9.17) is 4.74 Å². The van der Waals surface area contributed by atoms with Gasteiger partial charge in [-0.3, -0.25) is 9.89 Å². The molecule has 0 saturated heterocycles. The molecule has 0 saturated carbocycles. The summed E-state index contributed by atoms with van der Waals surface area (Å²) in [5.41, 5.74) is 0.645. The van der Waals surface area contributed by atoms with Crippen molar-refractivity contribution in [2.24, 2.45) is 0 Å². The van der Waals surface area contributed by atoms with Crippen LogP contribution in [0.15, 0.2) is 46.9 Å². The molecule has 0 fully saturated rings. The molecule has 0 aliphatic rings. The van der Waals surface area contributed by atoms with E-state index >= 15 is 0 Å². The molecule has 2 N–H and O–H groups in total. The largest absolute Gasteiger partial charge is 0.495 e. The minimum Gasteiger partial charge on any atom is -0.495 e. The smallest absolute Gasteiger partial charge is 0.237 e. The van der Waals surface area contributed by atoms with Crippen LogP contribution < -0.4 is 10.1 Å². The topological polar surface area (TPSA) is 79.9 Å². The Morgan fingerprint density at radius 1 is 1.33 bits per heavy atom. The van der Waals surface area contributed by atoms with Crippen molar-refractivity contribution >= 4 is 34.7 Å². The summed E-state index contributed by atoms with van der Waals surface area (Å²) in [5.74, 6) is 1.21. The predicted molar refractivity (Wildman–Crippen MR) is 96.6 cm³/mol. The van der Waals surface area contributed by atoms with Gasteiger partial charge in [0.2, 0.25) is 11.1 Å². The van der Waals surface area contributed by atoms with E-state index in [9.17, 15) is 4.79 Å². The number of methoxy groups -OCH3 is 1. The molecule has 0 unspecified atom stereocenters. The number of para-hydroxylation sites is 2. The van der Waals surface area contributed by atoms with Crippen molar-refractivity contribution in [2.75, 3.05) is 12.4 Å². The minimum absolute atomic E-state index is 0.132. The van der Waals surface area contributed by atoms with Gasteiger partial charge in [0.1, 0.15) is 5.75 Å². The maximum Gasteiger partial charge on any atom is 0.237 e. The van der Waals surface area contributed by atoms with Gasteiger partial charge < -0.3 is 10.1 Å². The zero-order chi connectivity index (χ0) is 16.9. The maximum atomic E-state index is 12.4. The molecule has 124 valence electrons. The fraction of sp³-hybridized carbons (Fsp3) is 0.188. The summed E-state index contributed by atoms with van der Waals surface area (Å²) in [5, 5.41) is 12.1. The lowest BCUT2D eigenvalue weighted by Gasteiger charge is -2.12. The summed E-state index contributed by atoms with van der Waals surface area (Å²) < 4.78 is 5.24. The summed E-state index contributed by atoms with van der Waals surface area (Å²) in [6, 6.07) is 11.2. The molecule has 1 atom stereocenters. The number of rotatable bonds is 6. The number of hydrogen-bond donors (Lipinski definition) is 2. The average Bonchev–Trinajstić information content (AvgIpc) is 3.26. The molecular weight excluding hydrogens is 344 g/mol. The average molecular weight is 360 g/mol. The van der Waals surface area contributed by atoms with Gasteiger partial charge in [0, 0.05) is 0 Å². The third kappa shape index (κ3) is 3.77. The molecule has 0 aliphatic carbocycles. The van der Waals surface area contributed by atoms with E-state index in [1.54, 1.807) is 30.6 Å². The highest BCUT2D eigenvalue weighted by atomic mass is 32.2. The normalized spacial score (nSPS) is 11.9. The number of thiophene rings is 1. The zero-order valence-corrected chi connectivity index (χ0v) is 14.8. The molecular formula is C16H16N4O2S2. The van der Waals surface area contributed by atoms with E-state index in [1.165, 1.54) is 11.8 Å². The van der Waals surface area contributed by atoms with Crippen LogP contribution in [0, 0.1) is 0 Å². The molecule has 2 heterocycles. The second-order valence-electron chi connectivity index (χ2n) is 4.89. The number of hydrogen-bond acceptors (Lipinski definition) is 6. The van der Waals surface area contributed by atoms with E-state index in [2.05, 4.69) is 20.5 Å². The third-order valence-corrected chi connectivity index (χ3v) is 5.07. The Morgan fingerprint density at radius 2 is 2.17 bits per heavy atom. The number of H-pyrrole nitrogens is 1. The van der Waals surface area contributed by atoms with Crippen molar-refractivity contribution in [3.8, 4) is 16.5 Å². The fourth-order valence-corrected chi connectivity index (χ4v) is 3.40. The van der Waals surface area contributed by atoms with Crippen molar-refractivity contribution in [1.82, 2.24) is 15.2 Å². The number of nitrogens with one attached hydrogen (secondary N) is 2. The molecule has 1 aromatic carbocycles. The van der Waals surface area contributed by atoms with Gasteiger partial charge in [-0.2, -0.15) is 0 Å². The van der Waals surface area contributed by atoms with Gasteiger partial charge in [0.05, 0.1) is 22.9 Å². The number of ether oxygens (including phenoxy) is 1. The minimum atomic E-state index is -0.345. The summed E-state index contributed by atoms with van der Waals surface area (Å²) in [4.78, 5) is 17.8. The van der Waals surface area contributed by atoms with Crippen molar-refractivity contribution in [3.63, 3.8) is 0 Å². The van der Waals surface area contributed by atoms with Crippen LogP contribution in [-0.2, 0) is 4.79 Å². The first-order chi connectivity index (χ1) is 11.7. The molecule has 3 aromatic rings. The lowest BCUT2D eigenvalue weighted by molar-refractivity contribution is -0.115. The van der Waals surface area contributed by atoms with Crippen molar-refractivity contribution in [1.29, 1.82) is 0 Å². The van der Waals surface area contributed by atoms with Crippen LogP contribution in [-0.4, -0.2) is 33.4 Å². The second-order valence-corrected chi connectivity index (χ2v) is 7.15. The monoisotopic (exact) mass is 360 g/mol. The SMILES string of the molecule is COc1ccccc1NC(=O)[C@@H](C)Sc1n[nH]c(-c2cccs2)n1. The molecule has 0 aliphatic heterocycles. The highest BCUT2D eigenvalue weighted by Gasteiger charge is 2.19. The van der Waals surface area contributed by atoms with Crippen molar-refractivity contribution < 1.29 is 9.53 Å². The number of aromatic nitrogens is 3. The van der Waals surface area contributed by atoms with Gasteiger partial charge >= 0.3 is 0 Å². The van der Waals surface area contributed by atoms with E-state index in [-0.39, 0.29) is 11.2 Å². The first kappa shape index (κ1) is 16.5. The molecule has 6 nitrogen and oxygen atoms in total. The molecule has 8 heteroatoms. The Balaban J connectivity index is 1.64. The third-order valence-electron chi connectivity index (χ3n) is 3.24. The molecule has 0 bridgehead atoms. The molecule has 1 amide bonds. The highest BCUT2D eigenvalue weighted by molar-refractivity contribution is 8.00. The summed E-state index contributed by atoms with van der Waals surface area (Å²) in [7, 11) is 1.57. The van der Waals surface area contributed by atoms with Crippen LogP contribution in [0.3, 0.4) is 0 Å². The van der Waals surface area contributed by atoms with E-state index in [0.29, 0.717) is 22.4 Å². The van der Waals surface area contributed by atoms with Crippen LogP contribution in [0.25, 0.3) is 10.7 Å². The number of amides is 1. The molecule has 24 heavy (non-hydrogen) atoms. The molecule has 2 aromatic heterocycles. The van der Waals surface area contributed by atoms with Crippen molar-refractivity contribution in [3.05, 3.63) is 41.8 Å². The Kier molecular flexibility index (Phi) is 5.17. The van der Waals surface area contributed by atoms with Gasteiger partial charge in [-0.15, -0.1) is 16.4 Å². The Bertz CT molecular complexity index is 817. The number of aromatic amines is 1. The predicted octanol–water partition coefficient (Wildman–Crippen LogP) is 3.66. The summed E-state index contributed by atoms with van der Waals surface area (Å²) in [6.45, 7) is 1.82. The fourth-order valence-electron chi connectivity index (χ4n) is 2.02. The van der Waals surface area contributed by atoms with Crippen LogP contribution in [0.4, 0.5) is 5.69 Å². The van der Waals surface area contributed by atoms with Gasteiger partial charge in [0.25, 0.3) is 0 Å². The number of thioether (sulfide) groups is 1. The number of anilines is 1. The maximum absolute atomic E-state index is 12.4. The van der Waals surface area contributed by atoms with Gasteiger partial charge in [-0.05, 0) is 30.5 Å². The Hall–Kier alpha value is -2.32. The number of benzene rings is 1. The second kappa shape index (κ2) is 7.50. The van der Waals surface area contributed by atoms with E-state index < -0.39 is 0 Å². The lowest BCUT2D eigenvalue weighted by Crippen LogP contribution is -2.22.